The van der Waals surface area contributed by atoms with Crippen LogP contribution in [0.2, 0.25) is 0 Å². The summed E-state index contributed by atoms with van der Waals surface area (Å²) in [5.74, 6) is 0.339. The van der Waals surface area contributed by atoms with Gasteiger partial charge in [-0.25, -0.2) is 0 Å². The zero-order valence-electron chi connectivity index (χ0n) is 6.84. The summed E-state index contributed by atoms with van der Waals surface area (Å²) in [5, 5.41) is 8.75. The summed E-state index contributed by atoms with van der Waals surface area (Å²) in [6, 6.07) is 0. The molecule has 0 radical (unpaired) electrons. The normalized spacial score (nSPS) is 13.5. The Balaban J connectivity index is 3.09. The van der Waals surface area contributed by atoms with Crippen LogP contribution in [0.5, 0.6) is 0 Å². The van der Waals surface area contributed by atoms with Gasteiger partial charge < -0.3 is 10.8 Å². The molecule has 0 bridgehead atoms. The van der Waals surface area contributed by atoms with E-state index < -0.39 is 0 Å². The van der Waals surface area contributed by atoms with Crippen LogP contribution >= 0.6 is 0 Å². The van der Waals surface area contributed by atoms with Crippen LogP contribution in [0.1, 0.15) is 32.6 Å². The van der Waals surface area contributed by atoms with E-state index in [9.17, 15) is 0 Å². The van der Waals surface area contributed by atoms with Gasteiger partial charge in [0.2, 0.25) is 0 Å². The van der Waals surface area contributed by atoms with Crippen LogP contribution in [0.15, 0.2) is 0 Å². The third-order valence-electron chi connectivity index (χ3n) is 1.81. The Bertz CT molecular complexity index is 62.3. The molecule has 10 heavy (non-hydrogen) atoms. The molecule has 1 atom stereocenters. The van der Waals surface area contributed by atoms with E-state index in [-0.39, 0.29) is 6.61 Å². The zero-order valence-corrected chi connectivity index (χ0v) is 6.84. The maximum atomic E-state index is 8.75. The van der Waals surface area contributed by atoms with Crippen molar-refractivity contribution in [3.8, 4) is 0 Å². The summed E-state index contributed by atoms with van der Waals surface area (Å²) in [5.41, 5.74) is 5.41. The Kier molecular flexibility index (Phi) is 6.98. The number of hydrogen-bond donors (Lipinski definition) is 2. The highest BCUT2D eigenvalue weighted by Gasteiger charge is 2.02. The quantitative estimate of drug-likeness (QED) is 0.550. The highest BCUT2D eigenvalue weighted by Crippen LogP contribution is 2.07. The van der Waals surface area contributed by atoms with E-state index in [4.69, 9.17) is 10.8 Å². The lowest BCUT2D eigenvalue weighted by Gasteiger charge is -2.09. The monoisotopic (exact) mass is 145 g/mol. The van der Waals surface area contributed by atoms with Gasteiger partial charge in [-0.05, 0) is 18.9 Å². The molecule has 3 N–H and O–H groups in total. The number of hydrogen-bond acceptors (Lipinski definition) is 2. The lowest BCUT2D eigenvalue weighted by atomic mass is 10.0. The molecule has 0 aliphatic carbocycles. The molecule has 2 heteroatoms. The van der Waals surface area contributed by atoms with Gasteiger partial charge in [-0.2, -0.15) is 0 Å². The fourth-order valence-corrected chi connectivity index (χ4v) is 0.967. The molecular weight excluding hydrogens is 126 g/mol. The molecule has 0 saturated carbocycles. The summed E-state index contributed by atoms with van der Waals surface area (Å²) in [6.45, 7) is 3.05. The molecule has 0 aromatic heterocycles. The van der Waals surface area contributed by atoms with E-state index in [0.29, 0.717) is 12.5 Å². The first-order valence-corrected chi connectivity index (χ1v) is 4.16. The maximum Gasteiger partial charge on any atom is 0.0471 e. The van der Waals surface area contributed by atoms with Crippen molar-refractivity contribution in [3.05, 3.63) is 0 Å². The van der Waals surface area contributed by atoms with Crippen molar-refractivity contribution < 1.29 is 5.11 Å². The van der Waals surface area contributed by atoms with Crippen molar-refractivity contribution in [2.24, 2.45) is 11.7 Å². The van der Waals surface area contributed by atoms with E-state index in [0.717, 1.165) is 6.42 Å². The second-order valence-corrected chi connectivity index (χ2v) is 2.78. The first kappa shape index (κ1) is 9.92. The van der Waals surface area contributed by atoms with Crippen molar-refractivity contribution in [2.75, 3.05) is 13.2 Å². The smallest absolute Gasteiger partial charge is 0.0471 e. The van der Waals surface area contributed by atoms with Crippen molar-refractivity contribution in [1.82, 2.24) is 0 Å². The minimum absolute atomic E-state index is 0.250. The van der Waals surface area contributed by atoms with Gasteiger partial charge in [0.1, 0.15) is 0 Å². The van der Waals surface area contributed by atoms with Crippen LogP contribution in [-0.4, -0.2) is 18.3 Å². The zero-order chi connectivity index (χ0) is 7.82. The number of aliphatic hydroxyl groups excluding tert-OH is 1. The van der Waals surface area contributed by atoms with Crippen molar-refractivity contribution in [3.63, 3.8) is 0 Å². The summed E-state index contributed by atoms with van der Waals surface area (Å²) >= 11 is 0. The second kappa shape index (κ2) is 7.03. The average Bonchev–Trinajstić information content (AvgIpc) is 1.99. The predicted molar refractivity (Wildman–Crippen MR) is 43.8 cm³/mol. The molecule has 62 valence electrons. The Morgan fingerprint density at radius 1 is 1.40 bits per heavy atom. The van der Waals surface area contributed by atoms with E-state index in [1.54, 1.807) is 0 Å². The first-order valence-electron chi connectivity index (χ1n) is 4.16. The van der Waals surface area contributed by atoms with Crippen molar-refractivity contribution in [2.45, 2.75) is 32.6 Å². The molecule has 0 aliphatic rings. The molecule has 0 aromatic rings. The minimum atomic E-state index is 0.250. The maximum absolute atomic E-state index is 8.75. The van der Waals surface area contributed by atoms with E-state index >= 15 is 0 Å². The van der Waals surface area contributed by atoms with Crippen LogP contribution in [0, 0.1) is 5.92 Å². The van der Waals surface area contributed by atoms with Gasteiger partial charge in [-0.3, -0.25) is 0 Å². The molecule has 0 rings (SSSR count). The van der Waals surface area contributed by atoms with E-state index in [1.807, 2.05) is 0 Å². The van der Waals surface area contributed by atoms with Gasteiger partial charge in [-0.15, -0.1) is 0 Å². The molecular formula is C8H19NO. The minimum Gasteiger partial charge on any atom is -0.396 e. The second-order valence-electron chi connectivity index (χ2n) is 2.78. The predicted octanol–water partition coefficient (Wildman–Crippen LogP) is 1.13. The lowest BCUT2D eigenvalue weighted by Crippen LogP contribution is -2.17. The molecule has 0 aliphatic heterocycles. The highest BCUT2D eigenvalue weighted by molar-refractivity contribution is 4.57. The lowest BCUT2D eigenvalue weighted by molar-refractivity contribution is 0.220. The highest BCUT2D eigenvalue weighted by atomic mass is 16.3. The molecule has 0 amide bonds. The van der Waals surface area contributed by atoms with E-state index in [1.165, 1.54) is 19.3 Å². The molecule has 0 saturated heterocycles. The number of unbranched alkanes of at least 4 members (excludes halogenated alkanes) is 2. The molecule has 1 unspecified atom stereocenters. The Morgan fingerprint density at radius 3 is 2.50 bits per heavy atom. The SMILES string of the molecule is CCCCCC(CN)CO. The van der Waals surface area contributed by atoms with Gasteiger partial charge in [-0.1, -0.05) is 26.2 Å². The number of aliphatic hydroxyl groups is 1. The van der Waals surface area contributed by atoms with Gasteiger partial charge in [0.25, 0.3) is 0 Å². The van der Waals surface area contributed by atoms with Crippen LogP contribution in [-0.2, 0) is 0 Å². The molecule has 0 aromatic carbocycles. The first-order chi connectivity index (χ1) is 4.85. The van der Waals surface area contributed by atoms with Gasteiger partial charge >= 0.3 is 0 Å². The largest absolute Gasteiger partial charge is 0.396 e. The van der Waals surface area contributed by atoms with Crippen molar-refractivity contribution >= 4 is 0 Å². The van der Waals surface area contributed by atoms with Crippen LogP contribution in [0.3, 0.4) is 0 Å². The van der Waals surface area contributed by atoms with Gasteiger partial charge in [0, 0.05) is 6.61 Å². The molecule has 0 heterocycles. The number of rotatable bonds is 6. The molecule has 0 fully saturated rings. The van der Waals surface area contributed by atoms with Crippen LogP contribution < -0.4 is 5.73 Å². The van der Waals surface area contributed by atoms with Gasteiger partial charge in [0.05, 0.1) is 0 Å². The van der Waals surface area contributed by atoms with Gasteiger partial charge in [0.15, 0.2) is 0 Å². The summed E-state index contributed by atoms with van der Waals surface area (Å²) in [6.07, 6.45) is 4.79. The average molecular weight is 145 g/mol. The fraction of sp³-hybridized carbons (Fsp3) is 1.00. The molecule has 2 nitrogen and oxygen atoms in total. The van der Waals surface area contributed by atoms with Crippen LogP contribution in [0.25, 0.3) is 0 Å². The topological polar surface area (TPSA) is 46.2 Å². The van der Waals surface area contributed by atoms with E-state index in [2.05, 4.69) is 6.92 Å². The summed E-state index contributed by atoms with van der Waals surface area (Å²) in [7, 11) is 0. The fourth-order valence-electron chi connectivity index (χ4n) is 0.967. The summed E-state index contributed by atoms with van der Waals surface area (Å²) < 4.78 is 0. The Labute approximate surface area is 63.4 Å². The number of nitrogens with two attached hydrogens (primary N) is 1. The standard InChI is InChI=1S/C8H19NO/c1-2-3-4-5-8(6-9)7-10/h8,10H,2-7,9H2,1H3. The third kappa shape index (κ3) is 4.77. The van der Waals surface area contributed by atoms with Crippen LogP contribution in [0.4, 0.5) is 0 Å². The Hall–Kier alpha value is -0.0800. The third-order valence-corrected chi connectivity index (χ3v) is 1.81. The molecule has 0 spiro atoms. The van der Waals surface area contributed by atoms with Crippen molar-refractivity contribution in [1.29, 1.82) is 0 Å². The Morgan fingerprint density at radius 2 is 2.10 bits per heavy atom. The summed E-state index contributed by atoms with van der Waals surface area (Å²) in [4.78, 5) is 0.